The molecule has 21 heavy (non-hydrogen) atoms. The van der Waals surface area contributed by atoms with E-state index in [1.807, 2.05) is 19.1 Å². The maximum atomic E-state index is 11.6. The third-order valence-electron chi connectivity index (χ3n) is 2.92. The molecule has 2 rings (SSSR count). The van der Waals surface area contributed by atoms with E-state index in [1.54, 1.807) is 18.2 Å². The molecule has 0 bridgehead atoms. The van der Waals surface area contributed by atoms with Crippen molar-refractivity contribution in [2.75, 3.05) is 6.26 Å². The highest BCUT2D eigenvalue weighted by Crippen LogP contribution is 2.32. The average Bonchev–Trinajstić information content (AvgIpc) is 2.40. The molecule has 0 saturated carbocycles. The lowest BCUT2D eigenvalue weighted by molar-refractivity contribution is 0.470. The van der Waals surface area contributed by atoms with Crippen LogP contribution in [-0.4, -0.2) is 14.7 Å². The minimum Gasteiger partial charge on any atom is -0.457 e. The Morgan fingerprint density at radius 2 is 1.90 bits per heavy atom. The molecule has 0 aromatic heterocycles. The van der Waals surface area contributed by atoms with Gasteiger partial charge in [-0.2, -0.15) is 0 Å². The Bertz CT molecular complexity index is 757. The van der Waals surface area contributed by atoms with E-state index in [0.717, 1.165) is 10.0 Å². The van der Waals surface area contributed by atoms with E-state index < -0.39 is 9.84 Å². The summed E-state index contributed by atoms with van der Waals surface area (Å²) in [5.74, 6) is 1.07. The molecule has 6 heteroatoms. The minimum atomic E-state index is -3.26. The largest absolute Gasteiger partial charge is 0.457 e. The molecular weight excluding hydrogens is 354 g/mol. The summed E-state index contributed by atoms with van der Waals surface area (Å²) in [6.07, 6.45) is 1.17. The summed E-state index contributed by atoms with van der Waals surface area (Å²) in [5.41, 5.74) is 6.78. The minimum absolute atomic E-state index is 0.199. The molecule has 2 aromatic rings. The molecule has 1 atom stereocenters. The molecule has 0 aliphatic rings. The van der Waals surface area contributed by atoms with E-state index in [0.29, 0.717) is 11.5 Å². The SMILES string of the molecule is CC(N)c1cc(Br)ccc1Oc1cccc(S(C)(=O)=O)c1. The second kappa shape index (κ2) is 6.17. The molecule has 0 saturated heterocycles. The highest BCUT2D eigenvalue weighted by molar-refractivity contribution is 9.10. The Labute approximate surface area is 133 Å². The van der Waals surface area contributed by atoms with Crippen molar-refractivity contribution < 1.29 is 13.2 Å². The van der Waals surface area contributed by atoms with Crippen LogP contribution in [0.25, 0.3) is 0 Å². The van der Waals surface area contributed by atoms with Crippen LogP contribution < -0.4 is 10.5 Å². The predicted octanol–water partition coefficient (Wildman–Crippen LogP) is 3.66. The van der Waals surface area contributed by atoms with Crippen LogP contribution in [0.5, 0.6) is 11.5 Å². The standard InChI is InChI=1S/C15H16BrNO3S/c1-10(17)14-8-11(16)6-7-15(14)20-12-4-3-5-13(9-12)21(2,18)19/h3-10H,17H2,1-2H3. The predicted molar refractivity (Wildman–Crippen MR) is 86.4 cm³/mol. The van der Waals surface area contributed by atoms with Crippen LogP contribution in [0, 0.1) is 0 Å². The van der Waals surface area contributed by atoms with Crippen molar-refractivity contribution in [2.45, 2.75) is 17.9 Å². The summed E-state index contributed by atoms with van der Waals surface area (Å²) in [5, 5.41) is 0. The normalized spacial score (nSPS) is 13.0. The van der Waals surface area contributed by atoms with Gasteiger partial charge in [0.1, 0.15) is 11.5 Å². The van der Waals surface area contributed by atoms with E-state index in [2.05, 4.69) is 15.9 Å². The summed E-state index contributed by atoms with van der Waals surface area (Å²) >= 11 is 3.40. The first-order chi connectivity index (χ1) is 9.77. The van der Waals surface area contributed by atoms with Gasteiger partial charge in [-0.1, -0.05) is 22.0 Å². The lowest BCUT2D eigenvalue weighted by Crippen LogP contribution is -2.06. The molecule has 4 nitrogen and oxygen atoms in total. The Balaban J connectivity index is 2.39. The fourth-order valence-electron chi connectivity index (χ4n) is 1.86. The number of benzene rings is 2. The monoisotopic (exact) mass is 369 g/mol. The van der Waals surface area contributed by atoms with Gasteiger partial charge in [0.05, 0.1) is 4.90 Å². The van der Waals surface area contributed by atoms with Crippen molar-refractivity contribution >= 4 is 25.8 Å². The van der Waals surface area contributed by atoms with E-state index in [-0.39, 0.29) is 10.9 Å². The Morgan fingerprint density at radius 1 is 1.19 bits per heavy atom. The summed E-state index contributed by atoms with van der Waals surface area (Å²) in [4.78, 5) is 0.222. The highest BCUT2D eigenvalue weighted by Gasteiger charge is 2.12. The topological polar surface area (TPSA) is 69.4 Å². The molecule has 112 valence electrons. The van der Waals surface area contributed by atoms with Gasteiger partial charge in [0, 0.05) is 22.3 Å². The lowest BCUT2D eigenvalue weighted by atomic mass is 10.1. The summed E-state index contributed by atoms with van der Waals surface area (Å²) in [7, 11) is -3.26. The number of nitrogens with two attached hydrogens (primary N) is 1. The van der Waals surface area contributed by atoms with Crippen LogP contribution in [0.3, 0.4) is 0 Å². The van der Waals surface area contributed by atoms with Crippen molar-refractivity contribution in [1.29, 1.82) is 0 Å². The second-order valence-corrected chi connectivity index (χ2v) is 7.75. The third-order valence-corrected chi connectivity index (χ3v) is 4.53. The van der Waals surface area contributed by atoms with Crippen molar-refractivity contribution in [3.63, 3.8) is 0 Å². The van der Waals surface area contributed by atoms with E-state index in [4.69, 9.17) is 10.5 Å². The molecule has 0 amide bonds. The van der Waals surface area contributed by atoms with Gasteiger partial charge in [-0.3, -0.25) is 0 Å². The number of halogens is 1. The zero-order valence-corrected chi connectivity index (χ0v) is 14.1. The molecule has 0 fully saturated rings. The summed E-state index contributed by atoms with van der Waals surface area (Å²) < 4.78 is 29.9. The third kappa shape index (κ3) is 4.06. The number of rotatable bonds is 4. The number of hydrogen-bond acceptors (Lipinski definition) is 4. The molecular formula is C15H16BrNO3S. The van der Waals surface area contributed by atoms with E-state index in [1.165, 1.54) is 18.4 Å². The molecule has 1 unspecified atom stereocenters. The van der Waals surface area contributed by atoms with Crippen LogP contribution in [0.15, 0.2) is 51.8 Å². The van der Waals surface area contributed by atoms with Crippen molar-refractivity contribution in [2.24, 2.45) is 5.73 Å². The number of hydrogen-bond donors (Lipinski definition) is 1. The maximum Gasteiger partial charge on any atom is 0.175 e. The van der Waals surface area contributed by atoms with E-state index in [9.17, 15) is 8.42 Å². The summed E-state index contributed by atoms with van der Waals surface area (Å²) in [6, 6.07) is 11.7. The van der Waals surface area contributed by atoms with Crippen LogP contribution >= 0.6 is 15.9 Å². The smallest absolute Gasteiger partial charge is 0.175 e. The maximum absolute atomic E-state index is 11.6. The fraction of sp³-hybridized carbons (Fsp3) is 0.200. The Kier molecular flexibility index (Phi) is 4.70. The molecule has 0 heterocycles. The molecule has 0 aliphatic carbocycles. The summed E-state index contributed by atoms with van der Waals surface area (Å²) in [6.45, 7) is 1.86. The van der Waals surface area contributed by atoms with Gasteiger partial charge in [0.2, 0.25) is 0 Å². The van der Waals surface area contributed by atoms with Crippen LogP contribution in [0.1, 0.15) is 18.5 Å². The van der Waals surface area contributed by atoms with Gasteiger partial charge in [-0.25, -0.2) is 8.42 Å². The molecule has 0 radical (unpaired) electrons. The quantitative estimate of drug-likeness (QED) is 0.892. The first kappa shape index (κ1) is 16.0. The van der Waals surface area contributed by atoms with Crippen molar-refractivity contribution in [1.82, 2.24) is 0 Å². The highest BCUT2D eigenvalue weighted by atomic mass is 79.9. The lowest BCUT2D eigenvalue weighted by Gasteiger charge is -2.14. The van der Waals surface area contributed by atoms with Crippen molar-refractivity contribution in [3.8, 4) is 11.5 Å². The van der Waals surface area contributed by atoms with Gasteiger partial charge in [-0.15, -0.1) is 0 Å². The number of sulfone groups is 1. The Hall–Kier alpha value is -1.37. The van der Waals surface area contributed by atoms with Crippen LogP contribution in [0.2, 0.25) is 0 Å². The van der Waals surface area contributed by atoms with Crippen LogP contribution in [0.4, 0.5) is 0 Å². The van der Waals surface area contributed by atoms with E-state index >= 15 is 0 Å². The molecule has 0 spiro atoms. The van der Waals surface area contributed by atoms with Gasteiger partial charge < -0.3 is 10.5 Å². The van der Waals surface area contributed by atoms with Crippen molar-refractivity contribution in [3.05, 3.63) is 52.5 Å². The Morgan fingerprint density at radius 3 is 2.52 bits per heavy atom. The molecule has 2 aromatic carbocycles. The zero-order valence-electron chi connectivity index (χ0n) is 11.7. The zero-order chi connectivity index (χ0) is 15.6. The molecule has 0 aliphatic heterocycles. The first-order valence-electron chi connectivity index (χ1n) is 6.30. The average molecular weight is 370 g/mol. The molecule has 2 N–H and O–H groups in total. The van der Waals surface area contributed by atoms with Gasteiger partial charge in [0.15, 0.2) is 9.84 Å². The second-order valence-electron chi connectivity index (χ2n) is 4.82. The van der Waals surface area contributed by atoms with Gasteiger partial charge in [-0.05, 0) is 43.3 Å². The van der Waals surface area contributed by atoms with Crippen LogP contribution in [-0.2, 0) is 9.84 Å². The number of ether oxygens (including phenoxy) is 1. The van der Waals surface area contributed by atoms with Gasteiger partial charge in [0.25, 0.3) is 0 Å². The first-order valence-corrected chi connectivity index (χ1v) is 8.99. The fourth-order valence-corrected chi connectivity index (χ4v) is 2.90. The van der Waals surface area contributed by atoms with Gasteiger partial charge >= 0.3 is 0 Å².